The number of aromatic nitrogens is 2. The number of thioether (sulfide) groups is 1. The highest BCUT2D eigenvalue weighted by Gasteiger charge is 2.40. The number of ether oxygens (including phenoxy) is 1. The molecule has 7 nitrogen and oxygen atoms in total. The van der Waals surface area contributed by atoms with Crippen molar-refractivity contribution < 1.29 is 18.3 Å². The van der Waals surface area contributed by atoms with Crippen molar-refractivity contribution in [3.05, 3.63) is 77.5 Å². The summed E-state index contributed by atoms with van der Waals surface area (Å²) in [6, 6.07) is 14.6. The lowest BCUT2D eigenvalue weighted by atomic mass is 9.88. The van der Waals surface area contributed by atoms with Gasteiger partial charge in [0, 0.05) is 57.1 Å². The highest BCUT2D eigenvalue weighted by Crippen LogP contribution is 2.38. The van der Waals surface area contributed by atoms with Crippen molar-refractivity contribution in [3.8, 4) is 11.3 Å². The molecule has 2 aliphatic heterocycles. The van der Waals surface area contributed by atoms with Crippen LogP contribution in [0.3, 0.4) is 0 Å². The van der Waals surface area contributed by atoms with Gasteiger partial charge in [0.25, 0.3) is 0 Å². The number of nitrogens with zero attached hydrogens (tertiary/aromatic N) is 3. The summed E-state index contributed by atoms with van der Waals surface area (Å²) in [6.07, 6.45) is 6.79. The van der Waals surface area contributed by atoms with Gasteiger partial charge < -0.3 is 25.3 Å². The Morgan fingerprint density at radius 2 is 1.91 bits per heavy atom. The molecule has 3 aromatic rings. The van der Waals surface area contributed by atoms with Crippen molar-refractivity contribution in [3.63, 3.8) is 0 Å². The van der Waals surface area contributed by atoms with Gasteiger partial charge in [-0.25, -0.2) is 13.8 Å². The zero-order valence-corrected chi connectivity index (χ0v) is 27.8. The Balaban J connectivity index is 1.53. The van der Waals surface area contributed by atoms with Crippen molar-refractivity contribution in [2.75, 3.05) is 50.9 Å². The van der Waals surface area contributed by atoms with Gasteiger partial charge in [-0.1, -0.05) is 49.2 Å². The summed E-state index contributed by atoms with van der Waals surface area (Å²) in [6.45, 7) is 5.58. The van der Waals surface area contributed by atoms with Gasteiger partial charge in [0.2, 0.25) is 5.91 Å². The molecule has 2 fully saturated rings. The van der Waals surface area contributed by atoms with Crippen molar-refractivity contribution in [2.24, 2.45) is 17.6 Å². The molecule has 10 heteroatoms. The lowest BCUT2D eigenvalue weighted by Gasteiger charge is -2.40. The van der Waals surface area contributed by atoms with E-state index in [9.17, 15) is 9.18 Å². The summed E-state index contributed by atoms with van der Waals surface area (Å²) < 4.78 is 37.6. The van der Waals surface area contributed by atoms with E-state index in [0.29, 0.717) is 57.4 Å². The average molecular weight is 654 g/mol. The Morgan fingerprint density at radius 3 is 2.65 bits per heavy atom. The summed E-state index contributed by atoms with van der Waals surface area (Å²) in [5.41, 5.74) is 9.06. The zero-order chi connectivity index (χ0) is 32.3. The van der Waals surface area contributed by atoms with Crippen LogP contribution in [0.15, 0.2) is 54.7 Å². The molecule has 3 heterocycles. The van der Waals surface area contributed by atoms with Crippen LogP contribution in [0.4, 0.5) is 8.78 Å². The van der Waals surface area contributed by atoms with E-state index in [4.69, 9.17) is 15.5 Å². The van der Waals surface area contributed by atoms with Crippen LogP contribution in [-0.4, -0.2) is 77.4 Å². The average Bonchev–Trinajstić information content (AvgIpc) is 3.67. The molecule has 3 unspecified atom stereocenters. The van der Waals surface area contributed by atoms with E-state index in [2.05, 4.69) is 22.0 Å². The van der Waals surface area contributed by atoms with Gasteiger partial charge in [0.05, 0.1) is 17.5 Å². The van der Waals surface area contributed by atoms with Gasteiger partial charge >= 0.3 is 0 Å². The van der Waals surface area contributed by atoms with Crippen molar-refractivity contribution in [2.45, 2.75) is 64.2 Å². The van der Waals surface area contributed by atoms with Crippen LogP contribution in [0.25, 0.3) is 11.3 Å². The van der Waals surface area contributed by atoms with E-state index >= 15 is 4.39 Å². The van der Waals surface area contributed by atoms with Crippen LogP contribution in [0.1, 0.15) is 61.5 Å². The number of unbranched alkanes of at least 4 members (excludes halogenated alkanes) is 3. The predicted octanol–water partition coefficient (Wildman–Crippen LogP) is 6.15. The maximum atomic E-state index is 15.2. The van der Waals surface area contributed by atoms with E-state index in [1.165, 1.54) is 12.1 Å². The summed E-state index contributed by atoms with van der Waals surface area (Å²) >= 11 is 1.65. The van der Waals surface area contributed by atoms with Crippen LogP contribution in [0.5, 0.6) is 0 Å². The summed E-state index contributed by atoms with van der Waals surface area (Å²) in [7, 11) is 0. The minimum atomic E-state index is -1.02. The molecule has 0 bridgehead atoms. The van der Waals surface area contributed by atoms with Crippen LogP contribution < -0.4 is 11.1 Å². The minimum absolute atomic E-state index is 0.0142. The van der Waals surface area contributed by atoms with Crippen molar-refractivity contribution in [1.29, 1.82) is 0 Å². The largest absolute Gasteiger partial charge is 0.381 e. The molecule has 0 saturated carbocycles. The van der Waals surface area contributed by atoms with Gasteiger partial charge in [-0.15, -0.1) is 0 Å². The number of aryl methyl sites for hydroxylation is 1. The Kier molecular flexibility index (Phi) is 13.1. The first-order valence-corrected chi connectivity index (χ1v) is 18.0. The number of alkyl halides is 1. The molecule has 2 aromatic carbocycles. The predicted molar refractivity (Wildman–Crippen MR) is 182 cm³/mol. The molecule has 2 saturated heterocycles. The molecule has 1 amide bonds. The molecule has 3 N–H and O–H groups in total. The molecule has 3 atom stereocenters. The molecule has 46 heavy (non-hydrogen) atoms. The number of hydrogen-bond donors (Lipinski definition) is 2. The number of carbonyl (C=O) groups is 1. The molecule has 2 aliphatic rings. The van der Waals surface area contributed by atoms with Gasteiger partial charge in [-0.2, -0.15) is 11.8 Å². The van der Waals surface area contributed by atoms with E-state index < -0.39 is 6.17 Å². The highest BCUT2D eigenvalue weighted by molar-refractivity contribution is 7.99. The number of nitrogens with one attached hydrogen (secondary N) is 1. The molecule has 0 spiro atoms. The van der Waals surface area contributed by atoms with E-state index in [1.807, 2.05) is 36.2 Å². The Morgan fingerprint density at radius 1 is 1.13 bits per heavy atom. The molecule has 250 valence electrons. The molecular formula is C36H49F2N5O2S. The standard InChI is InChI=1S/C36H49F2N5O2S/c1-26-11-12-30(37)19-31(26)33-24-42(22-27-9-5-4-6-10-27)36(41-33)35(28-13-16-45-17-14-28)43(23-29-20-40-21-32(29)38)34(44)25-46-18-8-3-2-7-15-39/h4-6,9-12,19,24,28-29,32,35,40H,2-3,7-8,13-18,20-23,25,39H2,1H3. The second-order valence-corrected chi connectivity index (χ2v) is 13.8. The van der Waals surface area contributed by atoms with E-state index in [0.717, 1.165) is 66.8 Å². The van der Waals surface area contributed by atoms with Gasteiger partial charge in [-0.3, -0.25) is 4.79 Å². The maximum absolute atomic E-state index is 15.2. The first-order valence-electron chi connectivity index (χ1n) is 16.8. The lowest BCUT2D eigenvalue weighted by molar-refractivity contribution is -0.134. The van der Waals surface area contributed by atoms with Crippen molar-refractivity contribution >= 4 is 17.7 Å². The molecule has 5 rings (SSSR count). The second-order valence-electron chi connectivity index (χ2n) is 12.7. The molecular weight excluding hydrogens is 604 g/mol. The number of amides is 1. The molecule has 0 aliphatic carbocycles. The molecule has 1 aromatic heterocycles. The number of imidazole rings is 1. The number of rotatable bonds is 16. The molecule has 0 radical (unpaired) electrons. The van der Waals surface area contributed by atoms with E-state index in [1.54, 1.807) is 17.8 Å². The third-order valence-corrected chi connectivity index (χ3v) is 10.3. The quantitative estimate of drug-likeness (QED) is 0.181. The Labute approximate surface area is 276 Å². The number of benzene rings is 2. The van der Waals surface area contributed by atoms with Crippen molar-refractivity contribution in [1.82, 2.24) is 19.8 Å². The van der Waals surface area contributed by atoms with E-state index in [-0.39, 0.29) is 29.6 Å². The highest BCUT2D eigenvalue weighted by atomic mass is 32.2. The fourth-order valence-electron chi connectivity index (χ4n) is 6.66. The normalized spacial score (nSPS) is 19.4. The number of hydrogen-bond acceptors (Lipinski definition) is 6. The Bertz CT molecular complexity index is 1380. The number of halogens is 2. The number of nitrogens with two attached hydrogens (primary N) is 1. The monoisotopic (exact) mass is 653 g/mol. The Hall–Kier alpha value is -2.79. The summed E-state index contributed by atoms with van der Waals surface area (Å²) in [5.74, 6) is 1.48. The number of carbonyl (C=O) groups excluding carboxylic acids is 1. The maximum Gasteiger partial charge on any atom is 0.233 e. The van der Waals surface area contributed by atoms with Gasteiger partial charge in [0.1, 0.15) is 17.8 Å². The fraction of sp³-hybridized carbons (Fsp3) is 0.556. The smallest absolute Gasteiger partial charge is 0.233 e. The summed E-state index contributed by atoms with van der Waals surface area (Å²) in [4.78, 5) is 21.5. The topological polar surface area (TPSA) is 85.4 Å². The third-order valence-electron chi connectivity index (χ3n) is 9.27. The summed E-state index contributed by atoms with van der Waals surface area (Å²) in [5, 5.41) is 3.18. The lowest BCUT2D eigenvalue weighted by Crippen LogP contribution is -2.46. The first-order chi connectivity index (χ1) is 22.4. The fourth-order valence-corrected chi connectivity index (χ4v) is 7.55. The van der Waals surface area contributed by atoms with Crippen LogP contribution in [-0.2, 0) is 16.1 Å². The zero-order valence-electron chi connectivity index (χ0n) is 27.0. The third kappa shape index (κ3) is 9.18. The van der Waals surface area contributed by atoms with Gasteiger partial charge in [0.15, 0.2) is 0 Å². The SMILES string of the molecule is Cc1ccc(F)cc1-c1cn(Cc2ccccc2)c(C(C2CCOCC2)N(CC2CNCC2F)C(=O)CSCCCCCCN)n1. The second kappa shape index (κ2) is 17.4. The van der Waals surface area contributed by atoms with Crippen LogP contribution in [0, 0.1) is 24.6 Å². The van der Waals surface area contributed by atoms with Gasteiger partial charge in [-0.05, 0) is 74.1 Å². The first kappa shape index (κ1) is 34.5. The van der Waals surface area contributed by atoms with Crippen LogP contribution in [0.2, 0.25) is 0 Å². The minimum Gasteiger partial charge on any atom is -0.381 e. The van der Waals surface area contributed by atoms with Crippen LogP contribution >= 0.6 is 11.8 Å².